The fourth-order valence-electron chi connectivity index (χ4n) is 2.56. The molecule has 21 heavy (non-hydrogen) atoms. The molecule has 0 amide bonds. The van der Waals surface area contributed by atoms with E-state index in [-0.39, 0.29) is 47.7 Å². The molecule has 108 valence electrons. The van der Waals surface area contributed by atoms with Crippen LogP contribution in [-0.2, 0) is 9.59 Å². The Morgan fingerprint density at radius 3 is 3.00 bits per heavy atom. The van der Waals surface area contributed by atoms with E-state index in [1.54, 1.807) is 0 Å². The van der Waals surface area contributed by atoms with E-state index in [0.29, 0.717) is 0 Å². The Morgan fingerprint density at radius 1 is 1.48 bits per heavy atom. The average molecular weight is 290 g/mol. The number of fused-ring (bicyclic) bond motifs is 1. The maximum absolute atomic E-state index is 13.0. The third-order valence-corrected chi connectivity index (χ3v) is 3.57. The molecule has 1 aliphatic rings. The number of carbonyl (C=O) groups is 2. The third-order valence-electron chi connectivity index (χ3n) is 3.57. The van der Waals surface area contributed by atoms with Gasteiger partial charge in [0.1, 0.15) is 11.6 Å². The zero-order valence-electron chi connectivity index (χ0n) is 16.0. The monoisotopic (exact) mass is 290 g/mol. The first-order valence-electron chi connectivity index (χ1n) is 8.89. The molecule has 1 aromatic heterocycles. The highest BCUT2D eigenvalue weighted by Crippen LogP contribution is 2.24. The Bertz CT molecular complexity index is 1010. The van der Waals surface area contributed by atoms with Crippen LogP contribution in [0.1, 0.15) is 38.0 Å². The van der Waals surface area contributed by atoms with Crippen molar-refractivity contribution in [1.29, 1.82) is 0 Å². The molecule has 0 saturated heterocycles. The van der Waals surface area contributed by atoms with Gasteiger partial charge in [0.2, 0.25) is 0 Å². The predicted octanol–water partition coefficient (Wildman–Crippen LogP) is 1.15. The van der Waals surface area contributed by atoms with Gasteiger partial charge in [-0.05, 0) is 25.4 Å². The number of nitrogens with zero attached hydrogens (tertiary/aromatic N) is 2. The van der Waals surface area contributed by atoms with Crippen molar-refractivity contribution in [3.05, 3.63) is 34.3 Å². The normalized spacial score (nSPS) is 23.2. The average Bonchev–Trinajstić information content (AvgIpc) is 2.51. The molecule has 1 aliphatic carbocycles. The van der Waals surface area contributed by atoms with Crippen molar-refractivity contribution in [2.24, 2.45) is 0 Å². The first-order chi connectivity index (χ1) is 12.0. The van der Waals surface area contributed by atoms with Crippen LogP contribution in [-0.4, -0.2) is 21.1 Å². The van der Waals surface area contributed by atoms with E-state index in [1.165, 1.54) is 0 Å². The maximum atomic E-state index is 13.0. The summed E-state index contributed by atoms with van der Waals surface area (Å²) in [5, 5.41) is -0.205. The molecule has 0 spiro atoms. The van der Waals surface area contributed by atoms with Crippen LogP contribution < -0.4 is 11.3 Å². The highest BCUT2D eigenvalue weighted by molar-refractivity contribution is 6.03. The molecular formula is C15H15N3O3. The second-order valence-electron chi connectivity index (χ2n) is 4.94. The number of hydrogen-bond donors (Lipinski definition) is 1. The molecule has 1 unspecified atom stereocenters. The van der Waals surface area contributed by atoms with Crippen molar-refractivity contribution in [3.63, 3.8) is 0 Å². The molecule has 6 nitrogen and oxygen atoms in total. The lowest BCUT2D eigenvalue weighted by Crippen LogP contribution is -2.36. The van der Waals surface area contributed by atoms with Crippen molar-refractivity contribution in [3.8, 4) is 0 Å². The summed E-state index contributed by atoms with van der Waals surface area (Å²) in [6, 6.07) is -0.736. The number of nitrogen functional groups attached to an aromatic ring is 1. The summed E-state index contributed by atoms with van der Waals surface area (Å²) >= 11 is 0. The summed E-state index contributed by atoms with van der Waals surface area (Å²) in [6.45, 7) is -2.84. The highest BCUT2D eigenvalue weighted by atomic mass is 16.2. The van der Waals surface area contributed by atoms with E-state index in [4.69, 9.17) is 12.6 Å². The number of nitrogens with two attached hydrogens (primary N) is 1. The summed E-state index contributed by atoms with van der Waals surface area (Å²) in [5.74, 6) is -1.48. The lowest BCUT2D eigenvalue weighted by atomic mass is 9.92. The standard InChI is InChI=1S/C15H15N3O3/c1-8-17-11-4-2-3-10(16)14(11)15(21)18(8)12-6-5-9(19)7-13(12)20/h2-4,12H,5-7,16H2,1H3/i1D3,2D,4D. The number of anilines is 1. The molecule has 0 bridgehead atoms. The topological polar surface area (TPSA) is 95.0 Å². The zero-order valence-corrected chi connectivity index (χ0v) is 11.0. The number of Topliss-reactive ketones (excluding diaryl/α,β-unsaturated/α-hetero) is 2. The summed E-state index contributed by atoms with van der Waals surface area (Å²) in [7, 11) is 0. The van der Waals surface area contributed by atoms with Crippen molar-refractivity contribution in [2.75, 3.05) is 5.73 Å². The second-order valence-corrected chi connectivity index (χ2v) is 4.94. The van der Waals surface area contributed by atoms with E-state index >= 15 is 0 Å². The Hall–Kier alpha value is -2.50. The van der Waals surface area contributed by atoms with Crippen LogP contribution >= 0.6 is 0 Å². The summed E-state index contributed by atoms with van der Waals surface area (Å²) in [4.78, 5) is 40.7. The van der Waals surface area contributed by atoms with Gasteiger partial charge < -0.3 is 5.73 Å². The second kappa shape index (κ2) is 4.80. The fourth-order valence-corrected chi connectivity index (χ4v) is 2.56. The minimum Gasteiger partial charge on any atom is -0.398 e. The van der Waals surface area contributed by atoms with Crippen LogP contribution in [0.4, 0.5) is 5.69 Å². The Labute approximate surface area is 127 Å². The van der Waals surface area contributed by atoms with E-state index in [1.807, 2.05) is 0 Å². The molecule has 6 heteroatoms. The predicted molar refractivity (Wildman–Crippen MR) is 78.1 cm³/mol. The molecule has 0 aliphatic heterocycles. The first-order valence-corrected chi connectivity index (χ1v) is 6.39. The van der Waals surface area contributed by atoms with Crippen molar-refractivity contribution < 1.29 is 16.4 Å². The summed E-state index contributed by atoms with van der Waals surface area (Å²) in [5.41, 5.74) is 4.53. The van der Waals surface area contributed by atoms with Crippen molar-refractivity contribution in [2.45, 2.75) is 32.2 Å². The van der Waals surface area contributed by atoms with Gasteiger partial charge in [-0.2, -0.15) is 0 Å². The van der Waals surface area contributed by atoms with Gasteiger partial charge in [-0.1, -0.05) is 6.04 Å². The van der Waals surface area contributed by atoms with Gasteiger partial charge in [0, 0.05) is 16.2 Å². The fraction of sp³-hybridized carbons (Fsp3) is 0.333. The minimum absolute atomic E-state index is 0.00198. The number of aromatic nitrogens is 2. The van der Waals surface area contributed by atoms with E-state index < -0.39 is 36.1 Å². The van der Waals surface area contributed by atoms with Crippen LogP contribution in [0.25, 0.3) is 10.9 Å². The molecule has 1 saturated carbocycles. The van der Waals surface area contributed by atoms with Gasteiger partial charge >= 0.3 is 0 Å². The highest BCUT2D eigenvalue weighted by Gasteiger charge is 2.30. The van der Waals surface area contributed by atoms with Crippen LogP contribution in [0.15, 0.2) is 22.9 Å². The van der Waals surface area contributed by atoms with Gasteiger partial charge in [0.05, 0.1) is 26.1 Å². The molecular weight excluding hydrogens is 270 g/mol. The summed E-state index contributed by atoms with van der Waals surface area (Å²) in [6.07, 6.45) is -0.329. The largest absolute Gasteiger partial charge is 0.398 e. The maximum Gasteiger partial charge on any atom is 0.264 e. The van der Waals surface area contributed by atoms with Crippen LogP contribution in [0.5, 0.6) is 0 Å². The molecule has 2 aromatic rings. The SMILES string of the molecule is [2H]c1cc(N)c2c(=O)n(C3CCC(=O)CC3=O)c(C([2H])([2H])[2H])nc2c1[2H]. The van der Waals surface area contributed by atoms with Gasteiger partial charge in [-0.15, -0.1) is 0 Å². The van der Waals surface area contributed by atoms with Gasteiger partial charge in [0.25, 0.3) is 5.56 Å². The van der Waals surface area contributed by atoms with Crippen molar-refractivity contribution in [1.82, 2.24) is 9.55 Å². The zero-order chi connectivity index (χ0) is 19.4. The third kappa shape index (κ3) is 2.12. The number of rotatable bonds is 1. The molecule has 3 rings (SSSR count). The number of aryl methyl sites for hydroxylation is 1. The van der Waals surface area contributed by atoms with Gasteiger partial charge in [-0.3, -0.25) is 19.0 Å². The quantitative estimate of drug-likeness (QED) is 0.628. The molecule has 2 N–H and O–H groups in total. The molecule has 1 heterocycles. The molecule has 1 aromatic carbocycles. The summed E-state index contributed by atoms with van der Waals surface area (Å²) < 4.78 is 39.4. The van der Waals surface area contributed by atoms with Crippen LogP contribution in [0.2, 0.25) is 0 Å². The van der Waals surface area contributed by atoms with Crippen molar-refractivity contribution >= 4 is 28.2 Å². The Morgan fingerprint density at radius 2 is 2.29 bits per heavy atom. The smallest absolute Gasteiger partial charge is 0.264 e. The number of hydrogen-bond acceptors (Lipinski definition) is 5. The number of ketones is 2. The van der Waals surface area contributed by atoms with E-state index in [2.05, 4.69) is 4.98 Å². The number of benzene rings is 1. The van der Waals surface area contributed by atoms with E-state index in [0.717, 1.165) is 10.6 Å². The Kier molecular flexibility index (Phi) is 1.99. The molecule has 0 radical (unpaired) electrons. The van der Waals surface area contributed by atoms with Gasteiger partial charge in [-0.25, -0.2) is 4.98 Å². The van der Waals surface area contributed by atoms with Crippen LogP contribution in [0.3, 0.4) is 0 Å². The van der Waals surface area contributed by atoms with E-state index in [9.17, 15) is 14.4 Å². The lowest BCUT2D eigenvalue weighted by Gasteiger charge is -2.24. The van der Waals surface area contributed by atoms with Crippen LogP contribution in [0, 0.1) is 6.85 Å². The Balaban J connectivity index is 2.41. The first kappa shape index (κ1) is 8.71. The minimum atomic E-state index is -2.84. The van der Waals surface area contributed by atoms with Gasteiger partial charge in [0.15, 0.2) is 5.78 Å². The molecule has 1 fully saturated rings. The molecule has 1 atom stereocenters. The number of carbonyl (C=O) groups excluding carboxylic acids is 2. The lowest BCUT2D eigenvalue weighted by molar-refractivity contribution is -0.132.